The quantitative estimate of drug-likeness (QED) is 0.915. The molecule has 0 saturated carbocycles. The van der Waals surface area contributed by atoms with Crippen LogP contribution >= 0.6 is 0 Å². The summed E-state index contributed by atoms with van der Waals surface area (Å²) < 4.78 is 5.53. The number of carbonyl (C=O) groups is 1. The number of rotatable bonds is 5. The molecule has 2 aromatic rings. The zero-order valence-corrected chi connectivity index (χ0v) is 13.9. The van der Waals surface area contributed by atoms with Gasteiger partial charge in [0.05, 0.1) is 18.1 Å². The molecule has 3 rings (SSSR count). The number of nitrogens with one attached hydrogen (secondary N) is 1. The highest BCUT2D eigenvalue weighted by Gasteiger charge is 2.13. The molecule has 1 aliphatic rings. The van der Waals surface area contributed by atoms with Crippen LogP contribution in [0.5, 0.6) is 5.75 Å². The Morgan fingerprint density at radius 2 is 1.88 bits per heavy atom. The van der Waals surface area contributed by atoms with E-state index in [0.29, 0.717) is 11.4 Å². The van der Waals surface area contributed by atoms with Crippen molar-refractivity contribution >= 4 is 17.5 Å². The van der Waals surface area contributed by atoms with Gasteiger partial charge in [-0.05, 0) is 37.8 Å². The molecule has 1 aromatic heterocycles. The third kappa shape index (κ3) is 4.22. The molecule has 1 fully saturated rings. The number of anilines is 2. The summed E-state index contributed by atoms with van der Waals surface area (Å²) in [6.45, 7) is 3.89. The minimum Gasteiger partial charge on any atom is -0.483 e. The minimum absolute atomic E-state index is 0.0429. The van der Waals surface area contributed by atoms with Gasteiger partial charge in [-0.15, -0.1) is 0 Å². The van der Waals surface area contributed by atoms with Crippen molar-refractivity contribution in [2.45, 2.75) is 26.2 Å². The van der Waals surface area contributed by atoms with Gasteiger partial charge in [-0.1, -0.05) is 18.2 Å². The van der Waals surface area contributed by atoms with Gasteiger partial charge in [-0.2, -0.15) is 0 Å². The summed E-state index contributed by atoms with van der Waals surface area (Å²) in [7, 11) is 0. The lowest BCUT2D eigenvalue weighted by Crippen LogP contribution is -2.31. The van der Waals surface area contributed by atoms with Crippen LogP contribution in [0.4, 0.5) is 11.6 Å². The first-order valence-corrected chi connectivity index (χ1v) is 8.27. The summed E-state index contributed by atoms with van der Waals surface area (Å²) in [5.74, 6) is 1.21. The zero-order valence-electron chi connectivity index (χ0n) is 13.9. The van der Waals surface area contributed by atoms with E-state index in [2.05, 4.69) is 20.2 Å². The average Bonchev–Trinajstić information content (AvgIpc) is 2.62. The van der Waals surface area contributed by atoms with Crippen LogP contribution in [0.15, 0.2) is 36.7 Å². The minimum atomic E-state index is -0.229. The van der Waals surface area contributed by atoms with Crippen molar-refractivity contribution < 1.29 is 9.53 Å². The third-order valence-corrected chi connectivity index (χ3v) is 4.01. The summed E-state index contributed by atoms with van der Waals surface area (Å²) in [6.07, 6.45) is 6.91. The molecule has 24 heavy (non-hydrogen) atoms. The largest absolute Gasteiger partial charge is 0.483 e. The molecule has 1 N–H and O–H groups in total. The molecular formula is C18H22N4O2. The van der Waals surface area contributed by atoms with Crippen molar-refractivity contribution in [3.63, 3.8) is 0 Å². The Hall–Kier alpha value is -2.63. The van der Waals surface area contributed by atoms with E-state index < -0.39 is 0 Å². The SMILES string of the molecule is Cc1ccccc1OCC(=O)Nc1cnc(N2CCCCC2)nc1. The Morgan fingerprint density at radius 1 is 1.17 bits per heavy atom. The highest BCUT2D eigenvalue weighted by molar-refractivity contribution is 5.91. The number of aryl methyl sites for hydroxylation is 1. The van der Waals surface area contributed by atoms with Gasteiger partial charge in [0.2, 0.25) is 5.95 Å². The van der Waals surface area contributed by atoms with Gasteiger partial charge in [-0.3, -0.25) is 4.79 Å². The van der Waals surface area contributed by atoms with Crippen molar-refractivity contribution in [2.24, 2.45) is 0 Å². The van der Waals surface area contributed by atoms with Crippen molar-refractivity contribution in [1.82, 2.24) is 9.97 Å². The molecule has 6 heteroatoms. The van der Waals surface area contributed by atoms with E-state index in [1.165, 1.54) is 19.3 Å². The maximum Gasteiger partial charge on any atom is 0.262 e. The Kier molecular flexibility index (Phi) is 5.25. The second-order valence-corrected chi connectivity index (χ2v) is 5.92. The van der Waals surface area contributed by atoms with E-state index in [0.717, 1.165) is 24.6 Å². The maximum absolute atomic E-state index is 12.0. The number of para-hydroxylation sites is 1. The number of carbonyl (C=O) groups excluding carboxylic acids is 1. The number of ether oxygens (including phenoxy) is 1. The average molecular weight is 326 g/mol. The monoisotopic (exact) mass is 326 g/mol. The predicted octanol–water partition coefficient (Wildman–Crippen LogP) is 2.79. The first-order valence-electron chi connectivity index (χ1n) is 8.27. The molecule has 0 spiro atoms. The Labute approximate surface area is 141 Å². The Bertz CT molecular complexity index is 682. The molecule has 126 valence electrons. The van der Waals surface area contributed by atoms with Gasteiger partial charge in [-0.25, -0.2) is 9.97 Å². The van der Waals surface area contributed by atoms with Crippen molar-refractivity contribution in [3.8, 4) is 5.75 Å². The van der Waals surface area contributed by atoms with Gasteiger partial charge in [0.1, 0.15) is 5.75 Å². The number of hydrogen-bond donors (Lipinski definition) is 1. The topological polar surface area (TPSA) is 67.3 Å². The smallest absolute Gasteiger partial charge is 0.262 e. The summed E-state index contributed by atoms with van der Waals surface area (Å²) >= 11 is 0. The second kappa shape index (κ2) is 7.77. The van der Waals surface area contributed by atoms with Crippen molar-refractivity contribution in [2.75, 3.05) is 29.9 Å². The fourth-order valence-electron chi connectivity index (χ4n) is 2.70. The zero-order chi connectivity index (χ0) is 16.8. The molecule has 0 atom stereocenters. The summed E-state index contributed by atoms with van der Waals surface area (Å²) in [5.41, 5.74) is 1.58. The third-order valence-electron chi connectivity index (χ3n) is 4.01. The van der Waals surface area contributed by atoms with Crippen molar-refractivity contribution in [1.29, 1.82) is 0 Å². The van der Waals surface area contributed by atoms with Gasteiger partial charge in [0.15, 0.2) is 6.61 Å². The van der Waals surface area contributed by atoms with E-state index in [9.17, 15) is 4.79 Å². The molecule has 0 unspecified atom stereocenters. The van der Waals surface area contributed by atoms with Crippen LogP contribution in [-0.2, 0) is 4.79 Å². The molecule has 1 aliphatic heterocycles. The van der Waals surface area contributed by atoms with E-state index in [-0.39, 0.29) is 12.5 Å². The van der Waals surface area contributed by atoms with Crippen LogP contribution in [0, 0.1) is 6.92 Å². The van der Waals surface area contributed by atoms with E-state index >= 15 is 0 Å². The van der Waals surface area contributed by atoms with Crippen LogP contribution in [0.1, 0.15) is 24.8 Å². The molecule has 6 nitrogen and oxygen atoms in total. The van der Waals surface area contributed by atoms with Gasteiger partial charge in [0, 0.05) is 13.1 Å². The molecule has 0 aliphatic carbocycles. The normalized spacial score (nSPS) is 14.3. The number of hydrogen-bond acceptors (Lipinski definition) is 5. The van der Waals surface area contributed by atoms with Crippen molar-refractivity contribution in [3.05, 3.63) is 42.2 Å². The summed E-state index contributed by atoms with van der Waals surface area (Å²) in [4.78, 5) is 22.9. The Morgan fingerprint density at radius 3 is 2.58 bits per heavy atom. The lowest BCUT2D eigenvalue weighted by atomic mass is 10.1. The fourth-order valence-corrected chi connectivity index (χ4v) is 2.70. The standard InChI is InChI=1S/C18H22N4O2/c1-14-7-3-4-8-16(14)24-13-17(23)21-15-11-19-18(20-12-15)22-9-5-2-6-10-22/h3-4,7-8,11-12H,2,5-6,9-10,13H2,1H3,(H,21,23). The van der Waals surface area contributed by atoms with Crippen LogP contribution in [0.3, 0.4) is 0 Å². The fraction of sp³-hybridized carbons (Fsp3) is 0.389. The molecule has 1 aromatic carbocycles. The van der Waals surface area contributed by atoms with Gasteiger partial charge < -0.3 is 15.0 Å². The molecule has 0 bridgehead atoms. The Balaban J connectivity index is 1.52. The molecular weight excluding hydrogens is 304 g/mol. The lowest BCUT2D eigenvalue weighted by molar-refractivity contribution is -0.118. The van der Waals surface area contributed by atoms with Crippen LogP contribution in [0.25, 0.3) is 0 Å². The molecule has 2 heterocycles. The van der Waals surface area contributed by atoms with E-state index in [1.807, 2.05) is 31.2 Å². The van der Waals surface area contributed by atoms with Crippen LogP contribution < -0.4 is 15.0 Å². The lowest BCUT2D eigenvalue weighted by Gasteiger charge is -2.26. The second-order valence-electron chi connectivity index (χ2n) is 5.92. The number of benzene rings is 1. The number of piperidine rings is 1. The molecule has 1 saturated heterocycles. The first kappa shape index (κ1) is 16.2. The first-order chi connectivity index (χ1) is 11.7. The van der Waals surface area contributed by atoms with E-state index in [1.54, 1.807) is 12.4 Å². The van der Waals surface area contributed by atoms with Crippen LogP contribution in [0.2, 0.25) is 0 Å². The highest BCUT2D eigenvalue weighted by atomic mass is 16.5. The molecule has 1 amide bonds. The van der Waals surface area contributed by atoms with E-state index in [4.69, 9.17) is 4.74 Å². The number of amides is 1. The van der Waals surface area contributed by atoms with Gasteiger partial charge >= 0.3 is 0 Å². The number of nitrogens with zero attached hydrogens (tertiary/aromatic N) is 3. The predicted molar refractivity (Wildman–Crippen MR) is 93.4 cm³/mol. The summed E-state index contributed by atoms with van der Waals surface area (Å²) in [6, 6.07) is 7.61. The summed E-state index contributed by atoms with van der Waals surface area (Å²) in [5, 5.41) is 2.75. The molecule has 0 radical (unpaired) electrons. The number of aromatic nitrogens is 2. The van der Waals surface area contributed by atoms with Crippen LogP contribution in [-0.4, -0.2) is 35.6 Å². The maximum atomic E-state index is 12.0. The highest BCUT2D eigenvalue weighted by Crippen LogP contribution is 2.17. The van der Waals surface area contributed by atoms with Gasteiger partial charge in [0.25, 0.3) is 5.91 Å².